The highest BCUT2D eigenvalue weighted by atomic mass is 32.1. The van der Waals surface area contributed by atoms with Gasteiger partial charge in [-0.2, -0.15) is 0 Å². The second-order valence-electron chi connectivity index (χ2n) is 4.79. The maximum atomic E-state index is 12.0. The van der Waals surface area contributed by atoms with Gasteiger partial charge in [0, 0.05) is 12.1 Å². The molecular formula is C14H14N6O2S. The summed E-state index contributed by atoms with van der Waals surface area (Å²) in [5.74, 6) is -0.0653. The number of carbonyl (C=O) groups is 2. The molecule has 0 aliphatic heterocycles. The second-order valence-corrected chi connectivity index (χ2v) is 5.67. The number of hydrogen-bond acceptors (Lipinski definition) is 6. The summed E-state index contributed by atoms with van der Waals surface area (Å²) >= 11 is 1.55. The molecule has 0 aliphatic rings. The Balaban J connectivity index is 1.61. The number of nitrogens with zero attached hydrogens (tertiary/aromatic N) is 4. The van der Waals surface area contributed by atoms with Crippen molar-refractivity contribution in [2.75, 3.05) is 10.6 Å². The van der Waals surface area contributed by atoms with Gasteiger partial charge >= 0.3 is 0 Å². The lowest BCUT2D eigenvalue weighted by Crippen LogP contribution is -2.19. The highest BCUT2D eigenvalue weighted by Crippen LogP contribution is 2.21. The summed E-state index contributed by atoms with van der Waals surface area (Å²) in [4.78, 5) is 27.5. The van der Waals surface area contributed by atoms with Gasteiger partial charge in [-0.1, -0.05) is 12.1 Å². The van der Waals surface area contributed by atoms with Crippen LogP contribution >= 0.6 is 11.3 Å². The van der Waals surface area contributed by atoms with Crippen molar-refractivity contribution < 1.29 is 9.59 Å². The fourth-order valence-corrected chi connectivity index (χ4v) is 2.61. The quantitative estimate of drug-likeness (QED) is 0.743. The van der Waals surface area contributed by atoms with E-state index in [0.29, 0.717) is 17.9 Å². The molecule has 0 spiro atoms. The lowest BCUT2D eigenvalue weighted by molar-refractivity contribution is -0.117. The van der Waals surface area contributed by atoms with Crippen molar-refractivity contribution >= 4 is 44.9 Å². The zero-order valence-electron chi connectivity index (χ0n) is 12.3. The minimum atomic E-state index is -0.238. The summed E-state index contributed by atoms with van der Waals surface area (Å²) in [6.45, 7) is 1.75. The van der Waals surface area contributed by atoms with Gasteiger partial charge < -0.3 is 10.6 Å². The summed E-state index contributed by atoms with van der Waals surface area (Å²) in [5.41, 5.74) is 3.28. The molecule has 0 saturated carbocycles. The number of nitrogens with one attached hydrogen (secondary N) is 2. The van der Waals surface area contributed by atoms with Crippen molar-refractivity contribution in [1.29, 1.82) is 0 Å². The number of hydrogen-bond donors (Lipinski definition) is 2. The summed E-state index contributed by atoms with van der Waals surface area (Å²) < 4.78 is 2.43. The molecule has 0 radical (unpaired) electrons. The Morgan fingerprint density at radius 3 is 2.96 bits per heavy atom. The first-order valence-electron chi connectivity index (χ1n) is 6.97. The fourth-order valence-electron chi connectivity index (χ4n) is 1.95. The number of amides is 2. The van der Waals surface area contributed by atoms with Gasteiger partial charge in [0.2, 0.25) is 11.8 Å². The van der Waals surface area contributed by atoms with Crippen LogP contribution < -0.4 is 10.6 Å². The van der Waals surface area contributed by atoms with Gasteiger partial charge in [-0.15, -0.1) is 16.4 Å². The molecule has 8 nitrogen and oxygen atoms in total. The summed E-state index contributed by atoms with van der Waals surface area (Å²) in [6.07, 6.45) is 1.86. The van der Waals surface area contributed by atoms with Crippen LogP contribution in [0.15, 0.2) is 29.9 Å². The molecule has 0 fully saturated rings. The van der Waals surface area contributed by atoms with Crippen LogP contribution in [0.5, 0.6) is 0 Å². The predicted octanol–water partition coefficient (Wildman–Crippen LogP) is 1.87. The van der Waals surface area contributed by atoms with E-state index in [1.807, 2.05) is 18.2 Å². The molecule has 2 amide bonds. The molecule has 1 aromatic carbocycles. The summed E-state index contributed by atoms with van der Waals surface area (Å²) in [7, 11) is 0. The molecule has 0 bridgehead atoms. The number of aromatic nitrogens is 4. The standard InChI is InChI=1S/C14H14N6O2S/c1-2-13(21)17-12-6-20(19-18-12)7-14(22)16-9-3-4-11-10(5-9)15-8-23-11/h3-6,8H,2,7H2,1H3,(H,16,22)(H,17,21). The van der Waals surface area contributed by atoms with E-state index in [2.05, 4.69) is 25.9 Å². The Hall–Kier alpha value is -2.81. The molecule has 3 rings (SSSR count). The molecule has 2 N–H and O–H groups in total. The topological polar surface area (TPSA) is 102 Å². The maximum absolute atomic E-state index is 12.0. The van der Waals surface area contributed by atoms with E-state index < -0.39 is 0 Å². The van der Waals surface area contributed by atoms with E-state index in [-0.39, 0.29) is 18.4 Å². The van der Waals surface area contributed by atoms with Crippen molar-refractivity contribution in [1.82, 2.24) is 20.0 Å². The molecule has 9 heteroatoms. The zero-order valence-corrected chi connectivity index (χ0v) is 13.1. The third-order valence-electron chi connectivity index (χ3n) is 3.05. The third-order valence-corrected chi connectivity index (χ3v) is 3.86. The Bertz CT molecular complexity index is 856. The smallest absolute Gasteiger partial charge is 0.246 e. The van der Waals surface area contributed by atoms with E-state index in [1.54, 1.807) is 23.8 Å². The fraction of sp³-hybridized carbons (Fsp3) is 0.214. The van der Waals surface area contributed by atoms with Crippen LogP contribution in [0.1, 0.15) is 13.3 Å². The van der Waals surface area contributed by atoms with Crippen LogP contribution in [0.3, 0.4) is 0 Å². The van der Waals surface area contributed by atoms with Crippen LogP contribution in [-0.4, -0.2) is 31.8 Å². The van der Waals surface area contributed by atoms with Crippen molar-refractivity contribution in [3.63, 3.8) is 0 Å². The maximum Gasteiger partial charge on any atom is 0.246 e. The van der Waals surface area contributed by atoms with Gasteiger partial charge in [0.15, 0.2) is 5.82 Å². The number of anilines is 2. The van der Waals surface area contributed by atoms with Crippen LogP contribution in [0.2, 0.25) is 0 Å². The number of rotatable bonds is 5. The number of fused-ring (bicyclic) bond motifs is 1. The van der Waals surface area contributed by atoms with Gasteiger partial charge in [-0.25, -0.2) is 9.67 Å². The van der Waals surface area contributed by atoms with Gasteiger partial charge in [0.05, 0.1) is 21.9 Å². The number of carbonyl (C=O) groups excluding carboxylic acids is 2. The largest absolute Gasteiger partial charge is 0.324 e. The van der Waals surface area contributed by atoms with E-state index in [0.717, 1.165) is 10.2 Å². The third kappa shape index (κ3) is 3.69. The van der Waals surface area contributed by atoms with Gasteiger partial charge in [0.25, 0.3) is 0 Å². The van der Waals surface area contributed by atoms with Crippen molar-refractivity contribution in [3.8, 4) is 0 Å². The minimum absolute atomic E-state index is 0.00407. The van der Waals surface area contributed by atoms with Gasteiger partial charge in [-0.3, -0.25) is 9.59 Å². The lowest BCUT2D eigenvalue weighted by atomic mass is 10.3. The Morgan fingerprint density at radius 2 is 2.13 bits per heavy atom. The molecular weight excluding hydrogens is 316 g/mol. The summed E-state index contributed by atoms with van der Waals surface area (Å²) in [6, 6.07) is 5.56. The Morgan fingerprint density at radius 1 is 1.26 bits per heavy atom. The second kappa shape index (κ2) is 6.53. The highest BCUT2D eigenvalue weighted by Gasteiger charge is 2.08. The SMILES string of the molecule is CCC(=O)Nc1cn(CC(=O)Nc2ccc3scnc3c2)nn1. The van der Waals surface area contributed by atoms with Crippen LogP contribution in [0.4, 0.5) is 11.5 Å². The Labute approximate surface area is 135 Å². The van der Waals surface area contributed by atoms with E-state index in [9.17, 15) is 9.59 Å². The first-order valence-corrected chi connectivity index (χ1v) is 7.85. The zero-order chi connectivity index (χ0) is 16.2. The van der Waals surface area contributed by atoms with Crippen molar-refractivity contribution in [2.24, 2.45) is 0 Å². The highest BCUT2D eigenvalue weighted by molar-refractivity contribution is 7.16. The van der Waals surface area contributed by atoms with Crippen molar-refractivity contribution in [2.45, 2.75) is 19.9 Å². The average Bonchev–Trinajstić information content (AvgIpc) is 3.15. The predicted molar refractivity (Wildman–Crippen MR) is 87.2 cm³/mol. The molecule has 0 unspecified atom stereocenters. The van der Waals surface area contributed by atoms with E-state index in [4.69, 9.17) is 0 Å². The Kier molecular flexibility index (Phi) is 4.29. The van der Waals surface area contributed by atoms with Crippen LogP contribution in [0.25, 0.3) is 10.2 Å². The van der Waals surface area contributed by atoms with E-state index >= 15 is 0 Å². The normalized spacial score (nSPS) is 10.7. The monoisotopic (exact) mass is 330 g/mol. The first-order chi connectivity index (χ1) is 11.1. The van der Waals surface area contributed by atoms with Crippen LogP contribution in [-0.2, 0) is 16.1 Å². The molecule has 3 aromatic rings. The number of benzene rings is 1. The molecule has 0 atom stereocenters. The van der Waals surface area contributed by atoms with Crippen LogP contribution in [0, 0.1) is 0 Å². The van der Waals surface area contributed by atoms with E-state index in [1.165, 1.54) is 10.9 Å². The first kappa shape index (κ1) is 15.1. The molecule has 2 aromatic heterocycles. The average molecular weight is 330 g/mol. The molecule has 118 valence electrons. The van der Waals surface area contributed by atoms with Gasteiger partial charge in [-0.05, 0) is 18.2 Å². The summed E-state index contributed by atoms with van der Waals surface area (Å²) in [5, 5.41) is 13.0. The lowest BCUT2D eigenvalue weighted by Gasteiger charge is -2.04. The van der Waals surface area contributed by atoms with Crippen molar-refractivity contribution in [3.05, 3.63) is 29.9 Å². The molecule has 2 heterocycles. The molecule has 23 heavy (non-hydrogen) atoms. The minimum Gasteiger partial charge on any atom is -0.324 e. The van der Waals surface area contributed by atoms with Gasteiger partial charge in [0.1, 0.15) is 6.54 Å². The molecule has 0 aliphatic carbocycles. The number of thiazole rings is 1. The molecule has 0 saturated heterocycles.